The molecule has 0 aliphatic carbocycles. The first-order valence-electron chi connectivity index (χ1n) is 9.63. The minimum atomic E-state index is -1.40. The van der Waals surface area contributed by atoms with Crippen LogP contribution in [0.25, 0.3) is 0 Å². The number of hydrogen-bond acceptors (Lipinski definition) is 10. The van der Waals surface area contributed by atoms with E-state index in [1.807, 2.05) is 0 Å². The Morgan fingerprint density at radius 1 is 0.882 bits per heavy atom. The number of aromatic carboxylic acids is 2. The highest BCUT2D eigenvalue weighted by Gasteiger charge is 2.32. The zero-order chi connectivity index (χ0) is 25.7. The third kappa shape index (κ3) is 4.74. The molecule has 0 atom stereocenters. The second-order valence-corrected chi connectivity index (χ2v) is 6.90. The smallest absolute Gasteiger partial charge is 0.340 e. The zero-order valence-corrected chi connectivity index (χ0v) is 18.6. The molecule has 2 aromatic rings. The number of carbonyl (C=O) groups is 2. The van der Waals surface area contributed by atoms with Crippen LogP contribution in [0.1, 0.15) is 31.8 Å². The maximum atomic E-state index is 11.7. The number of rotatable bonds is 11. The number of carboxylic acid groups (broad SMARTS) is 2. The summed E-state index contributed by atoms with van der Waals surface area (Å²) < 4.78 is 9.96. The van der Waals surface area contributed by atoms with Crippen LogP contribution in [0.5, 0.6) is 11.5 Å². The van der Waals surface area contributed by atoms with Crippen molar-refractivity contribution >= 4 is 34.7 Å². The first-order valence-corrected chi connectivity index (χ1v) is 9.63. The summed E-state index contributed by atoms with van der Waals surface area (Å²) in [6.07, 6.45) is 0. The van der Waals surface area contributed by atoms with Crippen molar-refractivity contribution in [3.63, 3.8) is 0 Å². The Kier molecular flexibility index (Phi) is 7.79. The largest absolute Gasteiger partial charge is 0.489 e. The summed E-state index contributed by atoms with van der Waals surface area (Å²) >= 11 is 0. The van der Waals surface area contributed by atoms with Gasteiger partial charge in [-0.25, -0.2) is 9.59 Å². The molecule has 14 heteroatoms. The van der Waals surface area contributed by atoms with Crippen LogP contribution in [0.15, 0.2) is 12.1 Å². The van der Waals surface area contributed by atoms with Gasteiger partial charge in [-0.2, -0.15) is 0 Å². The van der Waals surface area contributed by atoms with Gasteiger partial charge in [0.1, 0.15) is 22.5 Å². The number of nitrogens with one attached hydrogen (secondary N) is 2. The van der Waals surface area contributed by atoms with Crippen molar-refractivity contribution in [3.8, 4) is 11.5 Å². The van der Waals surface area contributed by atoms with Gasteiger partial charge in [0.05, 0.1) is 24.1 Å². The highest BCUT2D eigenvalue weighted by Crippen LogP contribution is 2.43. The molecule has 0 bridgehead atoms. The first-order chi connectivity index (χ1) is 16.0. The molecule has 4 N–H and O–H groups in total. The fourth-order valence-electron chi connectivity index (χ4n) is 3.46. The van der Waals surface area contributed by atoms with Crippen molar-refractivity contribution in [3.05, 3.63) is 54.6 Å². The van der Waals surface area contributed by atoms with Crippen LogP contribution >= 0.6 is 0 Å². The molecule has 34 heavy (non-hydrogen) atoms. The quantitative estimate of drug-likeness (QED) is 0.209. The Balaban J connectivity index is 2.37. The zero-order valence-electron chi connectivity index (χ0n) is 18.6. The lowest BCUT2D eigenvalue weighted by molar-refractivity contribution is -0.385. The number of benzene rings is 2. The van der Waals surface area contributed by atoms with Gasteiger partial charge in [-0.3, -0.25) is 20.2 Å². The molecule has 14 nitrogen and oxygen atoms in total. The highest BCUT2D eigenvalue weighted by atomic mass is 16.6. The number of methoxy groups -OCH3 is 2. The van der Waals surface area contributed by atoms with E-state index >= 15 is 0 Å². The van der Waals surface area contributed by atoms with E-state index in [1.165, 1.54) is 19.9 Å². The molecule has 0 unspecified atom stereocenters. The normalized spacial score (nSPS) is 10.4. The predicted octanol–water partition coefficient (Wildman–Crippen LogP) is 3.06. The molecule has 0 aromatic heterocycles. The van der Waals surface area contributed by atoms with Gasteiger partial charge in [-0.15, -0.1) is 0 Å². The van der Waals surface area contributed by atoms with Crippen LogP contribution < -0.4 is 20.1 Å². The molecule has 0 fully saturated rings. The van der Waals surface area contributed by atoms with Crippen molar-refractivity contribution in [1.29, 1.82) is 0 Å². The van der Waals surface area contributed by atoms with Crippen molar-refractivity contribution < 1.29 is 39.1 Å². The van der Waals surface area contributed by atoms with Crippen LogP contribution in [-0.4, -0.2) is 59.3 Å². The topological polar surface area (TPSA) is 203 Å². The summed E-state index contributed by atoms with van der Waals surface area (Å²) in [6, 6.07) is 2.37. The molecule has 182 valence electrons. The number of nitrogens with zero attached hydrogens (tertiary/aromatic N) is 2. The molecule has 0 saturated heterocycles. The maximum Gasteiger partial charge on any atom is 0.340 e. The highest BCUT2D eigenvalue weighted by molar-refractivity contribution is 5.98. The van der Waals surface area contributed by atoms with Gasteiger partial charge in [-0.05, 0) is 37.1 Å². The third-order valence-corrected chi connectivity index (χ3v) is 5.08. The van der Waals surface area contributed by atoms with Crippen molar-refractivity contribution in [2.24, 2.45) is 0 Å². The summed E-state index contributed by atoms with van der Waals surface area (Å²) in [5.74, 6) is -3.60. The fourth-order valence-corrected chi connectivity index (χ4v) is 3.46. The monoisotopic (exact) mass is 478 g/mol. The molecule has 0 radical (unpaired) electrons. The van der Waals surface area contributed by atoms with Gasteiger partial charge in [0.2, 0.25) is 11.5 Å². The van der Waals surface area contributed by atoms with E-state index < -0.39 is 44.7 Å². The standard InChI is InChI=1S/C20H22N4O10/c1-9-10(2)14(16(24(31)32)18(34-4)13(9)20(27)28)22-8-7-21-12-6-5-11(19(25)26)17(33-3)15(12)23(29)30/h5-6,21-22H,7-8H2,1-4H3,(H,25,26)(H,27,28). The molecule has 2 rings (SSSR count). The van der Waals surface area contributed by atoms with Crippen LogP contribution in [-0.2, 0) is 0 Å². The van der Waals surface area contributed by atoms with Crippen LogP contribution in [0.3, 0.4) is 0 Å². The molecule has 0 aliphatic heterocycles. The minimum absolute atomic E-state index is 0.0187. The minimum Gasteiger partial charge on any atom is -0.489 e. The number of hydrogen-bond donors (Lipinski definition) is 4. The van der Waals surface area contributed by atoms with E-state index in [0.29, 0.717) is 5.56 Å². The summed E-state index contributed by atoms with van der Waals surface area (Å²) in [6.45, 7) is 3.06. The summed E-state index contributed by atoms with van der Waals surface area (Å²) in [5.41, 5.74) is -1.22. The lowest BCUT2D eigenvalue weighted by Crippen LogP contribution is -2.18. The molecular formula is C20H22N4O10. The van der Waals surface area contributed by atoms with Gasteiger partial charge < -0.3 is 30.3 Å². The Labute approximate surface area is 192 Å². The third-order valence-electron chi connectivity index (χ3n) is 5.08. The van der Waals surface area contributed by atoms with E-state index in [-0.39, 0.29) is 41.2 Å². The second kappa shape index (κ2) is 10.3. The van der Waals surface area contributed by atoms with E-state index in [4.69, 9.17) is 9.47 Å². The van der Waals surface area contributed by atoms with E-state index in [9.17, 15) is 40.0 Å². The van der Waals surface area contributed by atoms with E-state index in [1.54, 1.807) is 0 Å². The number of anilines is 2. The maximum absolute atomic E-state index is 11.7. The Hall–Kier alpha value is -4.62. The van der Waals surface area contributed by atoms with Gasteiger partial charge in [0.25, 0.3) is 0 Å². The molecule has 0 spiro atoms. The van der Waals surface area contributed by atoms with Crippen molar-refractivity contribution in [2.75, 3.05) is 37.9 Å². The summed E-state index contributed by atoms with van der Waals surface area (Å²) in [4.78, 5) is 44.6. The molecule has 2 aromatic carbocycles. The second-order valence-electron chi connectivity index (χ2n) is 6.90. The number of ether oxygens (including phenoxy) is 2. The van der Waals surface area contributed by atoms with Gasteiger partial charge in [0, 0.05) is 13.1 Å². The molecule has 0 saturated carbocycles. The summed E-state index contributed by atoms with van der Waals surface area (Å²) in [7, 11) is 2.24. The Bertz CT molecular complexity index is 1180. The number of carboxylic acids is 2. The average Bonchev–Trinajstić information content (AvgIpc) is 2.77. The van der Waals surface area contributed by atoms with Gasteiger partial charge in [-0.1, -0.05) is 0 Å². The van der Waals surface area contributed by atoms with Crippen molar-refractivity contribution in [2.45, 2.75) is 13.8 Å². The Morgan fingerprint density at radius 2 is 1.44 bits per heavy atom. The van der Waals surface area contributed by atoms with Gasteiger partial charge in [0.15, 0.2) is 0 Å². The number of nitro benzene ring substituents is 2. The van der Waals surface area contributed by atoms with Gasteiger partial charge >= 0.3 is 23.3 Å². The molecular weight excluding hydrogens is 456 g/mol. The van der Waals surface area contributed by atoms with E-state index in [2.05, 4.69) is 10.6 Å². The molecule has 0 amide bonds. The fraction of sp³-hybridized carbons (Fsp3) is 0.300. The molecule has 0 aliphatic rings. The van der Waals surface area contributed by atoms with Crippen LogP contribution in [0, 0.1) is 34.1 Å². The first kappa shape index (κ1) is 25.6. The van der Waals surface area contributed by atoms with Crippen molar-refractivity contribution in [1.82, 2.24) is 0 Å². The van der Waals surface area contributed by atoms with E-state index in [0.717, 1.165) is 20.3 Å². The predicted molar refractivity (Wildman–Crippen MR) is 120 cm³/mol. The lowest BCUT2D eigenvalue weighted by Gasteiger charge is -2.18. The number of nitro groups is 2. The van der Waals surface area contributed by atoms with Crippen LogP contribution in [0.4, 0.5) is 22.7 Å². The lowest BCUT2D eigenvalue weighted by atomic mass is 9.98. The molecule has 0 heterocycles. The van der Waals surface area contributed by atoms with Crippen LogP contribution in [0.2, 0.25) is 0 Å². The SMILES string of the molecule is COc1c(C(=O)O)ccc(NCCNc2c(C)c(C)c(C(=O)O)c(OC)c2[N+](=O)[O-])c1[N+](=O)[O-]. The summed E-state index contributed by atoms with van der Waals surface area (Å²) in [5, 5.41) is 47.6. The average molecular weight is 478 g/mol. The Morgan fingerprint density at radius 3 is 1.91 bits per heavy atom.